The van der Waals surface area contributed by atoms with Crippen LogP contribution in [-0.4, -0.2) is 51.8 Å². The van der Waals surface area contributed by atoms with Gasteiger partial charge in [-0.05, 0) is 6.42 Å². The first-order valence-corrected chi connectivity index (χ1v) is 7.65. The fraction of sp³-hybridized carbons (Fsp3) is 0.867. The minimum absolute atomic E-state index is 0.342. The fourth-order valence-electron chi connectivity index (χ4n) is 1.47. The molecule has 0 bridgehead atoms. The summed E-state index contributed by atoms with van der Waals surface area (Å²) < 4.78 is 0. The molecule has 0 aromatic heterocycles. The van der Waals surface area contributed by atoms with Crippen molar-refractivity contribution in [1.29, 1.82) is 5.41 Å². The van der Waals surface area contributed by atoms with Crippen LogP contribution in [-0.2, 0) is 9.59 Å². The topological polar surface area (TPSA) is 139 Å². The van der Waals surface area contributed by atoms with E-state index < -0.39 is 12.1 Å². The summed E-state index contributed by atoms with van der Waals surface area (Å²) >= 11 is 0. The van der Waals surface area contributed by atoms with Crippen LogP contribution in [0.4, 0.5) is 0 Å². The van der Waals surface area contributed by atoms with Crippen molar-refractivity contribution in [3.8, 4) is 0 Å². The van der Waals surface area contributed by atoms with Crippen LogP contribution in [0, 0.1) is 5.41 Å². The average Bonchev–Trinajstić information content (AvgIpc) is 2.50. The Bertz CT molecular complexity index is 250. The number of carboxylic acid groups (broad SMARTS) is 1. The molecule has 0 spiro atoms. The average molecular weight is 321 g/mol. The number of hydrogen-bond donors (Lipinski definition) is 5. The number of aliphatic hydroxyl groups is 3. The van der Waals surface area contributed by atoms with Gasteiger partial charge in [0.15, 0.2) is 0 Å². The van der Waals surface area contributed by atoms with E-state index >= 15 is 0 Å². The Morgan fingerprint density at radius 1 is 1.00 bits per heavy atom. The third-order valence-corrected chi connectivity index (χ3v) is 2.67. The number of rotatable bonds is 11. The van der Waals surface area contributed by atoms with Crippen molar-refractivity contribution < 1.29 is 30.0 Å². The van der Waals surface area contributed by atoms with Crippen LogP contribution in [0.3, 0.4) is 0 Å². The van der Waals surface area contributed by atoms with E-state index in [1.807, 2.05) is 0 Å². The van der Waals surface area contributed by atoms with Gasteiger partial charge in [-0.2, -0.15) is 0 Å². The summed E-state index contributed by atoms with van der Waals surface area (Å²) in [5.41, 5.74) is 0. The second-order valence-corrected chi connectivity index (χ2v) is 4.74. The largest absolute Gasteiger partial charge is 0.481 e. The molecule has 0 saturated carbocycles. The highest BCUT2D eigenvalue weighted by atomic mass is 16.4. The van der Waals surface area contributed by atoms with Crippen molar-refractivity contribution in [1.82, 2.24) is 0 Å². The predicted molar refractivity (Wildman–Crippen MR) is 83.5 cm³/mol. The quantitative estimate of drug-likeness (QED) is 0.223. The van der Waals surface area contributed by atoms with Crippen molar-refractivity contribution in [3.05, 3.63) is 0 Å². The highest BCUT2D eigenvalue weighted by Crippen LogP contribution is 2.09. The summed E-state index contributed by atoms with van der Waals surface area (Å²) in [7, 11) is 0. The number of carbonyl (C=O) groups is 1. The van der Waals surface area contributed by atoms with Crippen LogP contribution in [0.25, 0.3) is 0 Å². The van der Waals surface area contributed by atoms with Gasteiger partial charge in [-0.1, -0.05) is 51.9 Å². The Labute approximate surface area is 132 Å². The lowest BCUT2D eigenvalue weighted by Crippen LogP contribution is -2.15. The zero-order valence-corrected chi connectivity index (χ0v) is 13.5. The minimum atomic E-state index is -0.954. The summed E-state index contributed by atoms with van der Waals surface area (Å²) in [5, 5.41) is 37.8. The van der Waals surface area contributed by atoms with Crippen LogP contribution in [0.1, 0.15) is 64.7 Å². The molecule has 0 aliphatic carbocycles. The predicted octanol–water partition coefficient (Wildman–Crippen LogP) is 1.83. The van der Waals surface area contributed by atoms with Gasteiger partial charge in [0.1, 0.15) is 6.10 Å². The van der Waals surface area contributed by atoms with E-state index in [0.29, 0.717) is 6.42 Å². The Morgan fingerprint density at radius 2 is 1.36 bits per heavy atom. The summed E-state index contributed by atoms with van der Waals surface area (Å²) in [5.74, 6) is -0.661. The summed E-state index contributed by atoms with van der Waals surface area (Å²) in [6.45, 7) is 1.49. The third-order valence-electron chi connectivity index (χ3n) is 2.67. The zero-order valence-electron chi connectivity index (χ0n) is 13.5. The smallest absolute Gasteiger partial charge is 0.303 e. The Kier molecular flexibility index (Phi) is 28.9. The summed E-state index contributed by atoms with van der Waals surface area (Å²) in [6.07, 6.45) is 9.85. The van der Waals surface area contributed by atoms with Crippen LogP contribution in [0.5, 0.6) is 0 Å². The molecule has 132 valence electrons. The molecular formula is C15H31NO6. The minimum Gasteiger partial charge on any atom is -0.481 e. The van der Waals surface area contributed by atoms with Gasteiger partial charge in [0.25, 0.3) is 0 Å². The van der Waals surface area contributed by atoms with Gasteiger partial charge in [-0.25, -0.2) is 10.2 Å². The van der Waals surface area contributed by atoms with E-state index in [2.05, 4.69) is 6.92 Å². The molecule has 0 saturated heterocycles. The van der Waals surface area contributed by atoms with Crippen LogP contribution >= 0.6 is 0 Å². The molecule has 22 heavy (non-hydrogen) atoms. The van der Waals surface area contributed by atoms with Crippen LogP contribution in [0.15, 0.2) is 0 Å². The molecule has 0 fully saturated rings. The van der Waals surface area contributed by atoms with Crippen LogP contribution < -0.4 is 0 Å². The molecule has 0 aromatic carbocycles. The normalized spacial score (nSPS) is 9.14. The van der Waals surface area contributed by atoms with Crippen LogP contribution in [0.2, 0.25) is 0 Å². The van der Waals surface area contributed by atoms with E-state index in [9.17, 15) is 4.79 Å². The first-order chi connectivity index (χ1) is 10.5. The molecule has 0 radical (unpaired) electrons. The molecule has 0 aliphatic heterocycles. The van der Waals surface area contributed by atoms with Gasteiger partial charge in [-0.3, -0.25) is 4.79 Å². The van der Waals surface area contributed by atoms with E-state index in [1.165, 1.54) is 38.5 Å². The molecule has 0 aromatic rings. The molecule has 5 N–H and O–H groups in total. The van der Waals surface area contributed by atoms with E-state index in [-0.39, 0.29) is 13.2 Å². The molecule has 0 heterocycles. The van der Waals surface area contributed by atoms with Gasteiger partial charge in [0.05, 0.1) is 13.2 Å². The SMILES string of the molecule is CCCCCCCCCCC(=O)O.N=C=O.OCC(O)CO. The number of nitrogens with one attached hydrogen (secondary N) is 1. The van der Waals surface area contributed by atoms with Crippen molar-refractivity contribution in [2.24, 2.45) is 0 Å². The molecule has 0 amide bonds. The lowest BCUT2D eigenvalue weighted by Gasteiger charge is -1.99. The van der Waals surface area contributed by atoms with Gasteiger partial charge >= 0.3 is 5.97 Å². The third kappa shape index (κ3) is 36.3. The van der Waals surface area contributed by atoms with Crippen molar-refractivity contribution >= 4 is 12.0 Å². The lowest BCUT2D eigenvalue weighted by atomic mass is 10.1. The van der Waals surface area contributed by atoms with Gasteiger partial charge in [0.2, 0.25) is 6.08 Å². The van der Waals surface area contributed by atoms with E-state index in [4.69, 9.17) is 30.6 Å². The molecule has 0 atom stereocenters. The maximum absolute atomic E-state index is 10.2. The molecular weight excluding hydrogens is 290 g/mol. The Morgan fingerprint density at radius 3 is 1.64 bits per heavy atom. The maximum Gasteiger partial charge on any atom is 0.303 e. The summed E-state index contributed by atoms with van der Waals surface area (Å²) in [4.78, 5) is 18.5. The second-order valence-electron chi connectivity index (χ2n) is 4.74. The van der Waals surface area contributed by atoms with Gasteiger partial charge in [0, 0.05) is 6.42 Å². The fourth-order valence-corrected chi connectivity index (χ4v) is 1.47. The lowest BCUT2D eigenvalue weighted by molar-refractivity contribution is -0.137. The highest BCUT2D eigenvalue weighted by Gasteiger charge is 1.96. The highest BCUT2D eigenvalue weighted by molar-refractivity contribution is 5.66. The number of isocyanates is 1. The molecule has 0 unspecified atom stereocenters. The number of unbranched alkanes of at least 4 members (excludes halogenated alkanes) is 7. The number of hydrogen-bond acceptors (Lipinski definition) is 6. The molecule has 7 heteroatoms. The monoisotopic (exact) mass is 321 g/mol. The van der Waals surface area contributed by atoms with Crippen molar-refractivity contribution in [3.63, 3.8) is 0 Å². The first kappa shape index (κ1) is 25.7. The van der Waals surface area contributed by atoms with Gasteiger partial charge < -0.3 is 20.4 Å². The number of carboxylic acids is 1. The Balaban J connectivity index is -0.000000333. The van der Waals surface area contributed by atoms with Crippen molar-refractivity contribution in [2.75, 3.05) is 13.2 Å². The number of aliphatic hydroxyl groups excluding tert-OH is 3. The van der Waals surface area contributed by atoms with E-state index in [1.54, 1.807) is 0 Å². The molecule has 0 rings (SSSR count). The second kappa shape index (κ2) is 24.7. The van der Waals surface area contributed by atoms with Gasteiger partial charge in [-0.15, -0.1) is 0 Å². The maximum atomic E-state index is 10.2. The molecule has 7 nitrogen and oxygen atoms in total. The molecule has 0 aliphatic rings. The van der Waals surface area contributed by atoms with E-state index in [0.717, 1.165) is 18.9 Å². The Hall–Kier alpha value is -1.27. The number of aliphatic carboxylic acids is 1. The zero-order chi connectivity index (χ0) is 17.6. The van der Waals surface area contributed by atoms with Crippen molar-refractivity contribution in [2.45, 2.75) is 70.8 Å². The summed E-state index contributed by atoms with van der Waals surface area (Å²) in [6, 6.07) is 0. The number of carbonyl (C=O) groups excluding carboxylic acids is 1. The standard InChI is InChI=1S/C11H22O2.C3H8O3.CHNO/c1-2-3-4-5-6-7-8-9-10-11(12)13;4-1-3(6)2-5;2-1-3/h2-10H2,1H3,(H,12,13);3-6H,1-2H2;2H. The first-order valence-electron chi connectivity index (χ1n) is 7.65.